The summed E-state index contributed by atoms with van der Waals surface area (Å²) in [7, 11) is 0. The molecule has 1 unspecified atom stereocenters. The third kappa shape index (κ3) is 8.43. The van der Waals surface area contributed by atoms with Crippen LogP contribution in [0.15, 0.2) is 103 Å². The fourth-order valence-electron chi connectivity index (χ4n) is 4.29. The Morgan fingerprint density at radius 1 is 0.833 bits per heavy atom. The Morgan fingerprint density at radius 3 is 2.21 bits per heavy atom. The SMILES string of the molecule is CC(C)C(OC(=O)C(C)(C)C)[n+]1cccc(CNC(=O)Nc2ccc(COc3ccccc3-c3ccccc3)cc2)c1. The molecule has 2 N–H and O–H groups in total. The second kappa shape index (κ2) is 13.8. The molecule has 0 saturated heterocycles. The van der Waals surface area contributed by atoms with Crippen molar-refractivity contribution in [3.63, 3.8) is 0 Å². The average Bonchev–Trinajstić information content (AvgIpc) is 2.98. The minimum Gasteiger partial charge on any atom is -0.488 e. The molecular weight excluding hydrogens is 526 g/mol. The topological polar surface area (TPSA) is 80.5 Å². The van der Waals surface area contributed by atoms with Crippen molar-refractivity contribution in [1.82, 2.24) is 5.32 Å². The predicted molar refractivity (Wildman–Crippen MR) is 165 cm³/mol. The number of hydrogen-bond acceptors (Lipinski definition) is 4. The summed E-state index contributed by atoms with van der Waals surface area (Å²) in [6, 6.07) is 29.2. The quantitative estimate of drug-likeness (QED) is 0.156. The fourth-order valence-corrected chi connectivity index (χ4v) is 4.29. The molecule has 0 aliphatic carbocycles. The minimum atomic E-state index is -0.593. The molecule has 4 rings (SSSR count). The first-order chi connectivity index (χ1) is 20.1. The molecular formula is C35H40N3O4+. The Hall–Kier alpha value is -4.65. The molecule has 1 aromatic heterocycles. The molecule has 4 aromatic rings. The maximum atomic E-state index is 12.6. The molecule has 0 radical (unpaired) electrons. The number of amides is 2. The molecule has 0 saturated carbocycles. The van der Waals surface area contributed by atoms with E-state index in [2.05, 4.69) is 28.8 Å². The Labute approximate surface area is 248 Å². The number of nitrogens with zero attached hydrogens (tertiary/aromatic N) is 1. The lowest BCUT2D eigenvalue weighted by atomic mass is 9.97. The zero-order valence-corrected chi connectivity index (χ0v) is 25.0. The standard InChI is InChI=1S/C35H39N3O4/c1-25(2)32(42-33(39)35(3,4)5)38-21-11-12-27(23-38)22-36-34(40)37-29-19-17-26(18-20-29)24-41-31-16-10-9-15-30(31)28-13-7-6-8-14-28/h6-21,23,25,32H,22,24H2,1-5H3,(H-,36,37,40)/p+1. The molecule has 2 amide bonds. The van der Waals surface area contributed by atoms with Gasteiger partial charge in [-0.3, -0.25) is 4.79 Å². The molecule has 7 nitrogen and oxygen atoms in total. The van der Waals surface area contributed by atoms with Gasteiger partial charge in [-0.15, -0.1) is 0 Å². The highest BCUT2D eigenvalue weighted by atomic mass is 16.6. The highest BCUT2D eigenvalue weighted by Gasteiger charge is 2.32. The van der Waals surface area contributed by atoms with Crippen LogP contribution in [0.1, 0.15) is 52.0 Å². The second-order valence-electron chi connectivity index (χ2n) is 11.6. The summed E-state index contributed by atoms with van der Waals surface area (Å²) in [6.07, 6.45) is 3.32. The van der Waals surface area contributed by atoms with E-state index < -0.39 is 11.6 Å². The molecule has 42 heavy (non-hydrogen) atoms. The first-order valence-electron chi connectivity index (χ1n) is 14.2. The van der Waals surface area contributed by atoms with Gasteiger partial charge >= 0.3 is 18.2 Å². The summed E-state index contributed by atoms with van der Waals surface area (Å²) < 4.78 is 13.8. The molecule has 7 heteroatoms. The van der Waals surface area contributed by atoms with Gasteiger partial charge in [0.1, 0.15) is 12.4 Å². The van der Waals surface area contributed by atoms with Gasteiger partial charge in [0.15, 0.2) is 12.4 Å². The van der Waals surface area contributed by atoms with Crippen LogP contribution >= 0.6 is 0 Å². The number of benzene rings is 3. The fraction of sp³-hybridized carbons (Fsp3) is 0.286. The number of carbonyl (C=O) groups is 2. The van der Waals surface area contributed by atoms with Crippen molar-refractivity contribution < 1.29 is 23.6 Å². The lowest BCUT2D eigenvalue weighted by Crippen LogP contribution is -2.46. The number of anilines is 1. The van der Waals surface area contributed by atoms with E-state index in [0.717, 1.165) is 28.0 Å². The van der Waals surface area contributed by atoms with Crippen LogP contribution in [0, 0.1) is 11.3 Å². The molecule has 0 spiro atoms. The van der Waals surface area contributed by atoms with Crippen LogP contribution in [0.5, 0.6) is 5.75 Å². The van der Waals surface area contributed by atoms with E-state index in [4.69, 9.17) is 9.47 Å². The van der Waals surface area contributed by atoms with Gasteiger partial charge in [-0.05, 0) is 56.2 Å². The number of aromatic nitrogens is 1. The summed E-state index contributed by atoms with van der Waals surface area (Å²) in [4.78, 5) is 25.1. The molecule has 218 valence electrons. The van der Waals surface area contributed by atoms with Crippen molar-refractivity contribution in [2.24, 2.45) is 11.3 Å². The van der Waals surface area contributed by atoms with Crippen LogP contribution in [0.25, 0.3) is 11.1 Å². The van der Waals surface area contributed by atoms with Crippen LogP contribution in [-0.4, -0.2) is 12.0 Å². The van der Waals surface area contributed by atoms with Crippen LogP contribution < -0.4 is 19.9 Å². The van der Waals surface area contributed by atoms with Crippen molar-refractivity contribution in [2.75, 3.05) is 5.32 Å². The lowest BCUT2D eigenvalue weighted by Gasteiger charge is -2.22. The van der Waals surface area contributed by atoms with Crippen LogP contribution in [0.4, 0.5) is 10.5 Å². The first-order valence-corrected chi connectivity index (χ1v) is 14.2. The van der Waals surface area contributed by atoms with E-state index in [1.165, 1.54) is 0 Å². The highest BCUT2D eigenvalue weighted by molar-refractivity contribution is 5.89. The maximum Gasteiger partial charge on any atom is 0.319 e. The van der Waals surface area contributed by atoms with Crippen molar-refractivity contribution in [1.29, 1.82) is 0 Å². The average molecular weight is 567 g/mol. The number of rotatable bonds is 10. The monoisotopic (exact) mass is 566 g/mol. The summed E-state index contributed by atoms with van der Waals surface area (Å²) >= 11 is 0. The largest absolute Gasteiger partial charge is 0.488 e. The number of ether oxygens (including phenoxy) is 2. The van der Waals surface area contributed by atoms with Crippen molar-refractivity contribution in [3.8, 4) is 16.9 Å². The Kier molecular flexibility index (Phi) is 9.97. The van der Waals surface area contributed by atoms with E-state index in [0.29, 0.717) is 18.8 Å². The van der Waals surface area contributed by atoms with Gasteiger partial charge in [0.25, 0.3) is 0 Å². The zero-order chi connectivity index (χ0) is 30.1. The van der Waals surface area contributed by atoms with Crippen molar-refractivity contribution in [3.05, 3.63) is 115 Å². The highest BCUT2D eigenvalue weighted by Crippen LogP contribution is 2.30. The van der Waals surface area contributed by atoms with Crippen molar-refractivity contribution >= 4 is 17.7 Å². The van der Waals surface area contributed by atoms with Gasteiger partial charge in [0, 0.05) is 22.9 Å². The summed E-state index contributed by atoms with van der Waals surface area (Å²) in [5, 5.41) is 5.77. The molecule has 1 atom stereocenters. The number of para-hydroxylation sites is 1. The van der Waals surface area contributed by atoms with E-state index in [-0.39, 0.29) is 17.9 Å². The summed E-state index contributed by atoms with van der Waals surface area (Å²) in [5.74, 6) is 0.630. The smallest absolute Gasteiger partial charge is 0.319 e. The number of hydrogen-bond donors (Lipinski definition) is 2. The minimum absolute atomic E-state index is 0.0692. The molecule has 3 aromatic carbocycles. The Balaban J connectivity index is 1.30. The molecule has 0 bridgehead atoms. The normalized spacial score (nSPS) is 12.0. The third-order valence-corrected chi connectivity index (χ3v) is 6.62. The number of pyridine rings is 1. The van der Waals surface area contributed by atoms with Gasteiger partial charge in [-0.1, -0.05) is 74.5 Å². The van der Waals surface area contributed by atoms with Crippen LogP contribution in [0.2, 0.25) is 0 Å². The van der Waals surface area contributed by atoms with E-state index in [1.807, 2.05) is 124 Å². The number of urea groups is 1. The van der Waals surface area contributed by atoms with Gasteiger partial charge in [-0.2, -0.15) is 4.57 Å². The Bertz CT molecular complexity index is 1480. The molecule has 1 heterocycles. The predicted octanol–water partition coefficient (Wildman–Crippen LogP) is 7.29. The third-order valence-electron chi connectivity index (χ3n) is 6.62. The van der Waals surface area contributed by atoms with E-state index in [1.54, 1.807) is 0 Å². The maximum absolute atomic E-state index is 12.6. The molecule has 0 fully saturated rings. The summed E-state index contributed by atoms with van der Waals surface area (Å²) in [5.41, 5.74) is 4.11. The zero-order valence-electron chi connectivity index (χ0n) is 25.0. The number of esters is 1. The number of nitrogens with one attached hydrogen (secondary N) is 2. The van der Waals surface area contributed by atoms with Gasteiger partial charge in [0.2, 0.25) is 0 Å². The lowest BCUT2D eigenvalue weighted by molar-refractivity contribution is -0.764. The Morgan fingerprint density at radius 2 is 1.52 bits per heavy atom. The number of carbonyl (C=O) groups excluding carboxylic acids is 2. The first kappa shape index (κ1) is 30.3. The summed E-state index contributed by atoms with van der Waals surface area (Å²) in [6.45, 7) is 10.3. The molecule has 0 aliphatic rings. The van der Waals surface area contributed by atoms with Crippen LogP contribution in [0.3, 0.4) is 0 Å². The van der Waals surface area contributed by atoms with Gasteiger partial charge in [-0.25, -0.2) is 4.79 Å². The van der Waals surface area contributed by atoms with E-state index in [9.17, 15) is 9.59 Å². The van der Waals surface area contributed by atoms with Crippen LogP contribution in [-0.2, 0) is 22.7 Å². The van der Waals surface area contributed by atoms with Gasteiger partial charge in [0.05, 0.1) is 17.9 Å². The van der Waals surface area contributed by atoms with E-state index >= 15 is 0 Å². The second-order valence-corrected chi connectivity index (χ2v) is 11.6. The molecule has 0 aliphatic heterocycles. The van der Waals surface area contributed by atoms with Gasteiger partial charge < -0.3 is 20.1 Å². The van der Waals surface area contributed by atoms with Crippen molar-refractivity contribution in [2.45, 2.75) is 54.0 Å².